The van der Waals surface area contributed by atoms with Gasteiger partial charge in [-0.2, -0.15) is 11.8 Å². The summed E-state index contributed by atoms with van der Waals surface area (Å²) < 4.78 is 0. The van der Waals surface area contributed by atoms with Crippen LogP contribution in [0.1, 0.15) is 142 Å². The van der Waals surface area contributed by atoms with Crippen LogP contribution >= 0.6 is 11.8 Å². The first kappa shape index (κ1) is 29.6. The van der Waals surface area contributed by atoms with Gasteiger partial charge >= 0.3 is 29.6 Å². The molecule has 0 unspecified atom stereocenters. The van der Waals surface area contributed by atoms with E-state index in [1.165, 1.54) is 140 Å². The predicted molar refractivity (Wildman–Crippen MR) is 128 cm³/mol. The molecule has 0 aliphatic carbocycles. The third kappa shape index (κ3) is 27.6. The Bertz CT molecular complexity index is 198. The summed E-state index contributed by atoms with van der Waals surface area (Å²) in [4.78, 5) is 0. The molecular formula is C24H51NaS. The summed E-state index contributed by atoms with van der Waals surface area (Å²) in [6.07, 6.45) is 29.2. The third-order valence-corrected chi connectivity index (χ3v) is 6.44. The minimum atomic E-state index is 0. The van der Waals surface area contributed by atoms with Gasteiger partial charge in [0.1, 0.15) is 0 Å². The maximum absolute atomic E-state index is 2.30. The van der Waals surface area contributed by atoms with Crippen LogP contribution in [-0.2, 0) is 0 Å². The second-order valence-corrected chi connectivity index (χ2v) is 9.20. The van der Waals surface area contributed by atoms with Crippen molar-refractivity contribution in [3.63, 3.8) is 0 Å². The van der Waals surface area contributed by atoms with Gasteiger partial charge in [-0.05, 0) is 24.3 Å². The van der Waals surface area contributed by atoms with Gasteiger partial charge in [-0.15, -0.1) is 0 Å². The molecule has 0 aromatic carbocycles. The average molecular weight is 395 g/mol. The first-order valence-electron chi connectivity index (χ1n) is 12.0. The van der Waals surface area contributed by atoms with Gasteiger partial charge in [0.05, 0.1) is 0 Å². The molecule has 0 rings (SSSR count). The molecule has 0 saturated heterocycles. The SMILES string of the molecule is CCCCCCCCCCCCSCCCCCCCCCCCC.[NaH]. The first-order valence-corrected chi connectivity index (χ1v) is 13.1. The topological polar surface area (TPSA) is 0 Å². The molecule has 0 aromatic rings. The fourth-order valence-electron chi connectivity index (χ4n) is 3.49. The van der Waals surface area contributed by atoms with E-state index < -0.39 is 0 Å². The van der Waals surface area contributed by atoms with Crippen LogP contribution in [0.3, 0.4) is 0 Å². The van der Waals surface area contributed by atoms with Gasteiger partial charge in [0, 0.05) is 0 Å². The van der Waals surface area contributed by atoms with Gasteiger partial charge in [-0.25, -0.2) is 0 Å². The molecule has 0 amide bonds. The standard InChI is InChI=1S/C24H50S.Na.H/c1-3-5-7-9-11-13-15-17-19-21-23-25-24-22-20-18-16-14-12-10-8-6-4-2;;/h3-24H2,1-2H3;;. The zero-order valence-electron chi connectivity index (χ0n) is 18.0. The van der Waals surface area contributed by atoms with Crippen molar-refractivity contribution in [3.05, 3.63) is 0 Å². The van der Waals surface area contributed by atoms with E-state index in [9.17, 15) is 0 Å². The summed E-state index contributed by atoms with van der Waals surface area (Å²) in [6.45, 7) is 4.60. The molecule has 0 fully saturated rings. The molecule has 0 bridgehead atoms. The Balaban J connectivity index is 0. The zero-order chi connectivity index (χ0) is 18.3. The van der Waals surface area contributed by atoms with Crippen molar-refractivity contribution in [1.82, 2.24) is 0 Å². The molecular weight excluding hydrogens is 343 g/mol. The van der Waals surface area contributed by atoms with Crippen molar-refractivity contribution in [3.8, 4) is 0 Å². The fraction of sp³-hybridized carbons (Fsp3) is 1.00. The van der Waals surface area contributed by atoms with Crippen molar-refractivity contribution in [2.45, 2.75) is 142 Å². The van der Waals surface area contributed by atoms with Gasteiger partial charge in [-0.1, -0.05) is 129 Å². The molecule has 0 aliphatic rings. The first-order chi connectivity index (χ1) is 12.4. The van der Waals surface area contributed by atoms with E-state index >= 15 is 0 Å². The van der Waals surface area contributed by atoms with Gasteiger partial charge in [0.15, 0.2) is 0 Å². The molecule has 26 heavy (non-hydrogen) atoms. The maximum atomic E-state index is 2.30. The van der Waals surface area contributed by atoms with E-state index in [4.69, 9.17) is 0 Å². The number of hydrogen-bond donors (Lipinski definition) is 0. The Hall–Kier alpha value is 1.35. The van der Waals surface area contributed by atoms with Crippen LogP contribution in [-0.4, -0.2) is 41.1 Å². The van der Waals surface area contributed by atoms with E-state index in [0.717, 1.165) is 0 Å². The van der Waals surface area contributed by atoms with Crippen LogP contribution in [0.2, 0.25) is 0 Å². The van der Waals surface area contributed by atoms with E-state index in [2.05, 4.69) is 25.6 Å². The second kappa shape index (κ2) is 28.6. The van der Waals surface area contributed by atoms with Gasteiger partial charge in [0.25, 0.3) is 0 Å². The molecule has 0 heterocycles. The van der Waals surface area contributed by atoms with Gasteiger partial charge < -0.3 is 0 Å². The Morgan fingerprint density at radius 2 is 0.577 bits per heavy atom. The molecule has 0 aliphatic heterocycles. The number of thioether (sulfide) groups is 1. The van der Waals surface area contributed by atoms with Crippen molar-refractivity contribution >= 4 is 41.3 Å². The summed E-state index contributed by atoms with van der Waals surface area (Å²) in [7, 11) is 0. The Morgan fingerprint density at radius 3 is 0.846 bits per heavy atom. The fourth-order valence-corrected chi connectivity index (χ4v) is 4.51. The van der Waals surface area contributed by atoms with Crippen molar-refractivity contribution in [2.75, 3.05) is 11.5 Å². The van der Waals surface area contributed by atoms with Crippen LogP contribution in [0.25, 0.3) is 0 Å². The molecule has 0 N–H and O–H groups in total. The Labute approximate surface area is 194 Å². The molecule has 0 aromatic heterocycles. The average Bonchev–Trinajstić information content (AvgIpc) is 2.63. The molecule has 0 atom stereocenters. The number of rotatable bonds is 22. The van der Waals surface area contributed by atoms with E-state index in [0.29, 0.717) is 0 Å². The van der Waals surface area contributed by atoms with Crippen LogP contribution in [0.15, 0.2) is 0 Å². The van der Waals surface area contributed by atoms with Crippen LogP contribution in [0, 0.1) is 0 Å². The molecule has 0 saturated carbocycles. The quantitative estimate of drug-likeness (QED) is 0.130. The summed E-state index contributed by atoms with van der Waals surface area (Å²) in [5.74, 6) is 2.82. The predicted octanol–water partition coefficient (Wildman–Crippen LogP) is 8.91. The number of unbranched alkanes of at least 4 members (excludes halogenated alkanes) is 18. The van der Waals surface area contributed by atoms with Gasteiger partial charge in [0.2, 0.25) is 0 Å². The van der Waals surface area contributed by atoms with Crippen LogP contribution < -0.4 is 0 Å². The Morgan fingerprint density at radius 1 is 0.346 bits per heavy atom. The van der Waals surface area contributed by atoms with Crippen LogP contribution in [0.5, 0.6) is 0 Å². The monoisotopic (exact) mass is 394 g/mol. The Kier molecular flexibility index (Phi) is 32.5. The van der Waals surface area contributed by atoms with E-state index in [1.54, 1.807) is 0 Å². The zero-order valence-corrected chi connectivity index (χ0v) is 18.8. The summed E-state index contributed by atoms with van der Waals surface area (Å²) >= 11 is 2.21. The van der Waals surface area contributed by atoms with Crippen molar-refractivity contribution in [1.29, 1.82) is 0 Å². The molecule has 0 radical (unpaired) electrons. The molecule has 154 valence electrons. The van der Waals surface area contributed by atoms with Crippen molar-refractivity contribution in [2.24, 2.45) is 0 Å². The normalized spacial score (nSPS) is 10.8. The molecule has 0 spiro atoms. The third-order valence-electron chi connectivity index (χ3n) is 5.28. The van der Waals surface area contributed by atoms with Gasteiger partial charge in [-0.3, -0.25) is 0 Å². The molecule has 0 nitrogen and oxygen atoms in total. The summed E-state index contributed by atoms with van der Waals surface area (Å²) in [5, 5.41) is 0. The number of hydrogen-bond acceptors (Lipinski definition) is 1. The second-order valence-electron chi connectivity index (χ2n) is 7.98. The summed E-state index contributed by atoms with van der Waals surface area (Å²) in [5.41, 5.74) is 0. The van der Waals surface area contributed by atoms with E-state index in [1.807, 2.05) is 0 Å². The summed E-state index contributed by atoms with van der Waals surface area (Å²) in [6, 6.07) is 0. The van der Waals surface area contributed by atoms with Crippen molar-refractivity contribution < 1.29 is 0 Å². The molecule has 2 heteroatoms. The van der Waals surface area contributed by atoms with E-state index in [-0.39, 0.29) is 29.6 Å². The van der Waals surface area contributed by atoms with Crippen LogP contribution in [0.4, 0.5) is 0 Å². The minimum absolute atomic E-state index is 0.